The summed E-state index contributed by atoms with van der Waals surface area (Å²) >= 11 is 0. The maximum Gasteiger partial charge on any atom is 0.306 e. The average molecular weight is 813 g/mol. The van der Waals surface area contributed by atoms with Crippen LogP contribution < -0.4 is 0 Å². The number of carbonyl (C=O) groups is 2. The molecule has 0 aliphatic rings. The van der Waals surface area contributed by atoms with E-state index in [4.69, 9.17) is 14.2 Å². The number of esters is 2. The normalized spacial score (nSPS) is 12.5. The number of rotatable bonds is 46. The van der Waals surface area contributed by atoms with E-state index in [0.29, 0.717) is 19.4 Å². The Bertz CT molecular complexity index is 966. The predicted octanol–water partition coefficient (Wildman–Crippen LogP) is 16.8. The van der Waals surface area contributed by atoms with Gasteiger partial charge in [0, 0.05) is 19.4 Å². The van der Waals surface area contributed by atoms with Crippen molar-refractivity contribution in [1.29, 1.82) is 0 Å². The van der Waals surface area contributed by atoms with Crippen LogP contribution >= 0.6 is 0 Å². The third-order valence-electron chi connectivity index (χ3n) is 10.8. The summed E-state index contributed by atoms with van der Waals surface area (Å²) in [5, 5.41) is 0. The molecular formula is C53H96O5. The molecule has 58 heavy (non-hydrogen) atoms. The highest BCUT2D eigenvalue weighted by atomic mass is 16.6. The molecule has 0 heterocycles. The van der Waals surface area contributed by atoms with Crippen LogP contribution in [0.3, 0.4) is 0 Å². The third-order valence-corrected chi connectivity index (χ3v) is 10.8. The monoisotopic (exact) mass is 813 g/mol. The van der Waals surface area contributed by atoms with Crippen LogP contribution in [-0.2, 0) is 23.8 Å². The van der Waals surface area contributed by atoms with E-state index in [1.807, 2.05) is 0 Å². The van der Waals surface area contributed by atoms with E-state index in [1.165, 1.54) is 141 Å². The second kappa shape index (κ2) is 49.2. The maximum absolute atomic E-state index is 12.7. The minimum absolute atomic E-state index is 0.0757. The van der Waals surface area contributed by atoms with Gasteiger partial charge in [0.05, 0.1) is 6.61 Å². The largest absolute Gasteiger partial charge is 0.462 e. The minimum atomic E-state index is -0.548. The number of allylic oxidation sites excluding steroid dienone is 8. The fourth-order valence-corrected chi connectivity index (χ4v) is 7.09. The third kappa shape index (κ3) is 46.5. The topological polar surface area (TPSA) is 61.8 Å². The zero-order valence-electron chi connectivity index (χ0n) is 38.8. The smallest absolute Gasteiger partial charge is 0.306 e. The zero-order valence-corrected chi connectivity index (χ0v) is 38.8. The second-order valence-electron chi connectivity index (χ2n) is 16.7. The Morgan fingerprint density at radius 2 is 0.793 bits per heavy atom. The molecule has 5 nitrogen and oxygen atoms in total. The standard InChI is InChI=1S/C53H96O5/c1-4-7-10-13-16-19-22-24-26-27-28-29-32-34-37-40-43-46-52(54)57-50-51(58-53(55)47-44-41-38-35-31-21-18-15-12-9-6-3)49-56-48-45-42-39-36-33-30-25-23-20-17-14-11-8-5-2/h8,11,15,17-18,20,25,30,51H,4-7,9-10,12-14,16,19,21-24,26-29,31-50H2,1-3H3/b11-8-,18-15-,20-17-,30-25-. The number of ether oxygens (including phenoxy) is 3. The first kappa shape index (κ1) is 55.9. The van der Waals surface area contributed by atoms with Crippen LogP contribution in [0.1, 0.15) is 252 Å². The second-order valence-corrected chi connectivity index (χ2v) is 16.7. The molecule has 0 bridgehead atoms. The van der Waals surface area contributed by atoms with Crippen LogP contribution in [0.25, 0.3) is 0 Å². The SMILES string of the molecule is CC/C=C\C/C=C\C/C=C\CCCCCCOCC(COC(=O)CCCCCCCCCCCCCCCCCCC)OC(=O)CCCCCCC/C=C\CCCC. The molecule has 1 atom stereocenters. The van der Waals surface area contributed by atoms with Gasteiger partial charge in [-0.25, -0.2) is 0 Å². The van der Waals surface area contributed by atoms with Gasteiger partial charge in [-0.2, -0.15) is 0 Å². The number of hydrogen-bond acceptors (Lipinski definition) is 5. The van der Waals surface area contributed by atoms with E-state index in [0.717, 1.165) is 77.0 Å². The Morgan fingerprint density at radius 3 is 1.31 bits per heavy atom. The molecule has 338 valence electrons. The highest BCUT2D eigenvalue weighted by Crippen LogP contribution is 2.15. The van der Waals surface area contributed by atoms with Gasteiger partial charge in [-0.05, 0) is 70.6 Å². The number of carbonyl (C=O) groups excluding carboxylic acids is 2. The molecule has 0 spiro atoms. The lowest BCUT2D eigenvalue weighted by atomic mass is 10.0. The molecule has 1 unspecified atom stereocenters. The molecule has 0 saturated carbocycles. The average Bonchev–Trinajstić information content (AvgIpc) is 3.22. The summed E-state index contributed by atoms with van der Waals surface area (Å²) in [7, 11) is 0. The summed E-state index contributed by atoms with van der Waals surface area (Å²) in [5.74, 6) is -0.412. The van der Waals surface area contributed by atoms with Gasteiger partial charge in [-0.3, -0.25) is 9.59 Å². The van der Waals surface area contributed by atoms with Crippen molar-refractivity contribution in [3.05, 3.63) is 48.6 Å². The lowest BCUT2D eigenvalue weighted by Crippen LogP contribution is -2.30. The fourth-order valence-electron chi connectivity index (χ4n) is 7.09. The lowest BCUT2D eigenvalue weighted by molar-refractivity contribution is -0.163. The molecule has 0 amide bonds. The van der Waals surface area contributed by atoms with Crippen molar-refractivity contribution in [2.45, 2.75) is 258 Å². The van der Waals surface area contributed by atoms with E-state index in [1.54, 1.807) is 0 Å². The van der Waals surface area contributed by atoms with Crippen molar-refractivity contribution < 1.29 is 23.8 Å². The Hall–Kier alpha value is -2.14. The molecule has 0 rings (SSSR count). The summed E-state index contributed by atoms with van der Waals surface area (Å²) < 4.78 is 17.3. The van der Waals surface area contributed by atoms with E-state index >= 15 is 0 Å². The molecule has 0 aliphatic heterocycles. The highest BCUT2D eigenvalue weighted by Gasteiger charge is 2.17. The molecule has 0 aliphatic carbocycles. The van der Waals surface area contributed by atoms with Gasteiger partial charge in [0.2, 0.25) is 0 Å². The van der Waals surface area contributed by atoms with Gasteiger partial charge in [-0.1, -0.05) is 217 Å². The number of unbranched alkanes of at least 4 members (excludes halogenated alkanes) is 27. The van der Waals surface area contributed by atoms with Crippen LogP contribution in [0.5, 0.6) is 0 Å². The maximum atomic E-state index is 12.7. The summed E-state index contributed by atoms with van der Waals surface area (Å²) in [6.07, 6.45) is 59.8. The summed E-state index contributed by atoms with van der Waals surface area (Å²) in [5.41, 5.74) is 0. The molecule has 0 radical (unpaired) electrons. The van der Waals surface area contributed by atoms with Crippen LogP contribution in [-0.4, -0.2) is 37.9 Å². The van der Waals surface area contributed by atoms with Gasteiger partial charge in [0.25, 0.3) is 0 Å². The van der Waals surface area contributed by atoms with E-state index < -0.39 is 6.10 Å². The first-order valence-electron chi connectivity index (χ1n) is 25.2. The van der Waals surface area contributed by atoms with Gasteiger partial charge >= 0.3 is 11.9 Å². The zero-order chi connectivity index (χ0) is 42.1. The molecule has 5 heteroatoms. The minimum Gasteiger partial charge on any atom is -0.462 e. The van der Waals surface area contributed by atoms with Crippen LogP contribution in [0.2, 0.25) is 0 Å². The molecule has 0 aromatic rings. The number of hydrogen-bond donors (Lipinski definition) is 0. The molecule has 0 saturated heterocycles. The van der Waals surface area contributed by atoms with Gasteiger partial charge in [0.15, 0.2) is 6.10 Å². The highest BCUT2D eigenvalue weighted by molar-refractivity contribution is 5.70. The Morgan fingerprint density at radius 1 is 0.397 bits per heavy atom. The first-order chi connectivity index (χ1) is 28.6. The quantitative estimate of drug-likeness (QED) is 0.0348. The van der Waals surface area contributed by atoms with Gasteiger partial charge in [-0.15, -0.1) is 0 Å². The van der Waals surface area contributed by atoms with Crippen LogP contribution in [0, 0.1) is 0 Å². The molecule has 0 aromatic heterocycles. The van der Waals surface area contributed by atoms with Crippen LogP contribution in [0.4, 0.5) is 0 Å². The van der Waals surface area contributed by atoms with Crippen molar-refractivity contribution in [3.8, 4) is 0 Å². The van der Waals surface area contributed by atoms with Gasteiger partial charge < -0.3 is 14.2 Å². The summed E-state index contributed by atoms with van der Waals surface area (Å²) in [6, 6.07) is 0. The molecule has 0 N–H and O–H groups in total. The molecule has 0 fully saturated rings. The lowest BCUT2D eigenvalue weighted by Gasteiger charge is -2.18. The van der Waals surface area contributed by atoms with E-state index in [-0.39, 0.29) is 25.2 Å². The van der Waals surface area contributed by atoms with Crippen molar-refractivity contribution >= 4 is 11.9 Å². The Labute approximate surface area is 361 Å². The van der Waals surface area contributed by atoms with Crippen molar-refractivity contribution in [2.24, 2.45) is 0 Å². The summed E-state index contributed by atoms with van der Waals surface area (Å²) in [6.45, 7) is 7.65. The van der Waals surface area contributed by atoms with Crippen molar-refractivity contribution in [2.75, 3.05) is 19.8 Å². The van der Waals surface area contributed by atoms with E-state index in [2.05, 4.69) is 69.4 Å². The van der Waals surface area contributed by atoms with E-state index in [9.17, 15) is 9.59 Å². The van der Waals surface area contributed by atoms with Crippen LogP contribution in [0.15, 0.2) is 48.6 Å². The Kier molecular flexibility index (Phi) is 47.4. The fraction of sp³-hybridized carbons (Fsp3) is 0.811. The van der Waals surface area contributed by atoms with Gasteiger partial charge in [0.1, 0.15) is 6.61 Å². The molecular weight excluding hydrogens is 717 g/mol. The first-order valence-corrected chi connectivity index (χ1v) is 25.2. The predicted molar refractivity (Wildman–Crippen MR) is 251 cm³/mol. The summed E-state index contributed by atoms with van der Waals surface area (Å²) in [4.78, 5) is 25.3. The van der Waals surface area contributed by atoms with Crippen molar-refractivity contribution in [3.63, 3.8) is 0 Å². The Balaban J connectivity index is 4.23. The molecule has 0 aromatic carbocycles. The van der Waals surface area contributed by atoms with Crippen molar-refractivity contribution in [1.82, 2.24) is 0 Å².